The third-order valence-corrected chi connectivity index (χ3v) is 7.16. The van der Waals surface area contributed by atoms with Gasteiger partial charge in [0.25, 0.3) is 0 Å². The fourth-order valence-electron chi connectivity index (χ4n) is 3.17. The average molecular weight is 503 g/mol. The van der Waals surface area contributed by atoms with Gasteiger partial charge in [0.1, 0.15) is 11.6 Å². The number of methoxy groups -OCH3 is 1. The molecule has 0 bridgehead atoms. The number of nitrogens with zero attached hydrogens (tertiary/aromatic N) is 3. The molecule has 1 heterocycles. The Balaban J connectivity index is 1.49. The Morgan fingerprint density at radius 2 is 1.84 bits per heavy atom. The lowest BCUT2D eigenvalue weighted by atomic mass is 10.1. The van der Waals surface area contributed by atoms with Crippen molar-refractivity contribution in [2.45, 2.75) is 38.3 Å². The van der Waals surface area contributed by atoms with Crippen LogP contribution in [0, 0.1) is 13.8 Å². The highest BCUT2D eigenvalue weighted by atomic mass is 79.9. The highest BCUT2D eigenvalue weighted by Crippen LogP contribution is 2.26. The quantitative estimate of drug-likeness (QED) is 0.411. The van der Waals surface area contributed by atoms with Crippen molar-refractivity contribution in [2.75, 3.05) is 18.2 Å². The molecule has 0 aliphatic carbocycles. The number of aryl methyl sites for hydroxylation is 2. The largest absolute Gasteiger partial charge is 0.497 e. The number of hydrogen-bond acceptors (Lipinski definition) is 5. The van der Waals surface area contributed by atoms with Gasteiger partial charge in [-0.25, -0.2) is 0 Å². The maximum absolute atomic E-state index is 12.4. The molecule has 0 atom stereocenters. The first-order valence-corrected chi connectivity index (χ1v) is 11.9. The van der Waals surface area contributed by atoms with Gasteiger partial charge < -0.3 is 14.6 Å². The first-order valence-electron chi connectivity index (χ1n) is 10.1. The molecule has 0 aliphatic heterocycles. The molecule has 164 valence electrons. The second-order valence-corrected chi connectivity index (χ2v) is 9.14. The van der Waals surface area contributed by atoms with Crippen LogP contribution in [0.4, 0.5) is 5.69 Å². The second-order valence-electron chi connectivity index (χ2n) is 7.34. The van der Waals surface area contributed by atoms with E-state index >= 15 is 0 Å². The molecule has 6 nitrogen and oxygen atoms in total. The summed E-state index contributed by atoms with van der Waals surface area (Å²) in [5.74, 6) is 2.02. The number of nitrogens with one attached hydrogen (secondary N) is 1. The Morgan fingerprint density at radius 1 is 1.10 bits per heavy atom. The monoisotopic (exact) mass is 502 g/mol. The molecule has 0 saturated heterocycles. The Kier molecular flexibility index (Phi) is 8.15. The van der Waals surface area contributed by atoms with Crippen molar-refractivity contribution in [3.05, 3.63) is 63.4 Å². The molecule has 0 spiro atoms. The Hall–Kier alpha value is -2.32. The molecule has 1 aromatic heterocycles. The van der Waals surface area contributed by atoms with E-state index in [1.807, 2.05) is 49.7 Å². The third-order valence-electron chi connectivity index (χ3n) is 5.28. The van der Waals surface area contributed by atoms with Crippen LogP contribution >= 0.6 is 27.7 Å². The Morgan fingerprint density at radius 3 is 2.55 bits per heavy atom. The van der Waals surface area contributed by atoms with E-state index in [1.165, 1.54) is 17.3 Å². The maximum atomic E-state index is 12.4. The third kappa shape index (κ3) is 6.11. The van der Waals surface area contributed by atoms with Crippen LogP contribution in [0.2, 0.25) is 0 Å². The van der Waals surface area contributed by atoms with Gasteiger partial charge in [-0.15, -0.1) is 10.2 Å². The number of rotatable bonds is 9. The standard InChI is InChI=1S/C23H27BrN4O2S/c1-15-16(2)20(13-12-19(15)24)25-22(29)14-31-23-27-26-21(28(23)3)7-5-6-17-8-10-18(30-4)11-9-17/h8-13H,5-7,14H2,1-4H3,(H,25,29). The predicted molar refractivity (Wildman–Crippen MR) is 129 cm³/mol. The fraction of sp³-hybridized carbons (Fsp3) is 0.348. The summed E-state index contributed by atoms with van der Waals surface area (Å²) in [5, 5.41) is 12.3. The number of aromatic nitrogens is 3. The number of anilines is 1. The van der Waals surface area contributed by atoms with Crippen LogP contribution in [-0.2, 0) is 24.7 Å². The summed E-state index contributed by atoms with van der Waals surface area (Å²) in [5.41, 5.74) is 4.29. The van der Waals surface area contributed by atoms with Crippen molar-refractivity contribution in [3.8, 4) is 5.75 Å². The fourth-order valence-corrected chi connectivity index (χ4v) is 4.33. The summed E-state index contributed by atoms with van der Waals surface area (Å²) in [7, 11) is 3.62. The number of hydrogen-bond donors (Lipinski definition) is 1. The van der Waals surface area contributed by atoms with Gasteiger partial charge in [-0.3, -0.25) is 4.79 Å². The molecule has 0 fully saturated rings. The zero-order valence-corrected chi connectivity index (χ0v) is 20.6. The van der Waals surface area contributed by atoms with E-state index in [1.54, 1.807) is 7.11 Å². The summed E-state index contributed by atoms with van der Waals surface area (Å²) in [6.45, 7) is 4.03. The molecule has 0 radical (unpaired) electrons. The van der Waals surface area contributed by atoms with Gasteiger partial charge in [0.15, 0.2) is 5.16 Å². The van der Waals surface area contributed by atoms with E-state index in [0.717, 1.165) is 57.3 Å². The van der Waals surface area contributed by atoms with Crippen molar-refractivity contribution in [1.82, 2.24) is 14.8 Å². The molecular weight excluding hydrogens is 476 g/mol. The minimum Gasteiger partial charge on any atom is -0.497 e. The lowest BCUT2D eigenvalue weighted by Crippen LogP contribution is -2.15. The zero-order chi connectivity index (χ0) is 22.4. The summed E-state index contributed by atoms with van der Waals surface area (Å²) >= 11 is 4.91. The van der Waals surface area contributed by atoms with Crippen LogP contribution in [0.3, 0.4) is 0 Å². The molecule has 8 heteroatoms. The lowest BCUT2D eigenvalue weighted by molar-refractivity contribution is -0.113. The molecule has 1 amide bonds. The van der Waals surface area contributed by atoms with E-state index in [-0.39, 0.29) is 11.7 Å². The Bertz CT molecular complexity index is 1050. The zero-order valence-electron chi connectivity index (χ0n) is 18.2. The number of benzene rings is 2. The van der Waals surface area contributed by atoms with Gasteiger partial charge in [-0.1, -0.05) is 39.8 Å². The van der Waals surface area contributed by atoms with Gasteiger partial charge in [0, 0.05) is 23.6 Å². The van der Waals surface area contributed by atoms with E-state index in [9.17, 15) is 4.79 Å². The first kappa shape index (κ1) is 23.3. The molecule has 1 N–H and O–H groups in total. The summed E-state index contributed by atoms with van der Waals surface area (Å²) in [4.78, 5) is 12.4. The first-order chi connectivity index (χ1) is 14.9. The summed E-state index contributed by atoms with van der Waals surface area (Å²) < 4.78 is 8.21. The van der Waals surface area contributed by atoms with Crippen LogP contribution in [-0.4, -0.2) is 33.5 Å². The van der Waals surface area contributed by atoms with Crippen LogP contribution in [0.15, 0.2) is 46.0 Å². The van der Waals surface area contributed by atoms with Crippen molar-refractivity contribution in [2.24, 2.45) is 7.05 Å². The van der Waals surface area contributed by atoms with Crippen molar-refractivity contribution >= 4 is 39.3 Å². The van der Waals surface area contributed by atoms with Gasteiger partial charge in [-0.05, 0) is 67.6 Å². The van der Waals surface area contributed by atoms with Crippen LogP contribution < -0.4 is 10.1 Å². The molecule has 3 rings (SSSR count). The number of carbonyl (C=O) groups is 1. The van der Waals surface area contributed by atoms with E-state index in [4.69, 9.17) is 4.74 Å². The maximum Gasteiger partial charge on any atom is 0.234 e. The Labute approximate surface area is 195 Å². The normalized spacial score (nSPS) is 10.9. The highest BCUT2D eigenvalue weighted by molar-refractivity contribution is 9.10. The SMILES string of the molecule is COc1ccc(CCCc2nnc(SCC(=O)Nc3ccc(Br)c(C)c3C)n2C)cc1. The van der Waals surface area contributed by atoms with Gasteiger partial charge in [0.05, 0.1) is 12.9 Å². The number of thioether (sulfide) groups is 1. The summed E-state index contributed by atoms with van der Waals surface area (Å²) in [6, 6.07) is 12.0. The molecule has 0 unspecified atom stereocenters. The highest BCUT2D eigenvalue weighted by Gasteiger charge is 2.13. The van der Waals surface area contributed by atoms with Gasteiger partial charge >= 0.3 is 0 Å². The molecule has 3 aromatic rings. The molecule has 0 aliphatic rings. The van der Waals surface area contributed by atoms with Crippen LogP contribution in [0.25, 0.3) is 0 Å². The number of amides is 1. The number of halogens is 1. The molecule has 31 heavy (non-hydrogen) atoms. The summed E-state index contributed by atoms with van der Waals surface area (Å²) in [6.07, 6.45) is 2.78. The van der Waals surface area contributed by atoms with E-state index in [2.05, 4.69) is 43.6 Å². The number of carbonyl (C=O) groups excluding carboxylic acids is 1. The van der Waals surface area contributed by atoms with Crippen LogP contribution in [0.5, 0.6) is 5.75 Å². The van der Waals surface area contributed by atoms with Crippen molar-refractivity contribution in [3.63, 3.8) is 0 Å². The second kappa shape index (κ2) is 10.8. The van der Waals surface area contributed by atoms with Gasteiger partial charge in [0.2, 0.25) is 5.91 Å². The smallest absolute Gasteiger partial charge is 0.234 e. The minimum absolute atomic E-state index is 0.0566. The predicted octanol–water partition coefficient (Wildman–Crippen LogP) is 5.11. The number of ether oxygens (including phenoxy) is 1. The average Bonchev–Trinajstić information content (AvgIpc) is 3.12. The van der Waals surface area contributed by atoms with Crippen molar-refractivity contribution in [1.29, 1.82) is 0 Å². The molecule has 2 aromatic carbocycles. The van der Waals surface area contributed by atoms with Crippen molar-refractivity contribution < 1.29 is 9.53 Å². The topological polar surface area (TPSA) is 69.0 Å². The molecular formula is C23H27BrN4O2S. The van der Waals surface area contributed by atoms with E-state index in [0.29, 0.717) is 0 Å². The molecule has 0 saturated carbocycles. The van der Waals surface area contributed by atoms with Gasteiger partial charge in [-0.2, -0.15) is 0 Å². The van der Waals surface area contributed by atoms with Crippen LogP contribution in [0.1, 0.15) is 28.9 Å². The lowest BCUT2D eigenvalue weighted by Gasteiger charge is -2.11. The minimum atomic E-state index is -0.0566. The van der Waals surface area contributed by atoms with E-state index < -0.39 is 0 Å².